The highest BCUT2D eigenvalue weighted by molar-refractivity contribution is 6.32. The van der Waals surface area contributed by atoms with Gasteiger partial charge in [0.1, 0.15) is 5.75 Å². The number of carbonyl (C=O) groups excluding carboxylic acids is 2. The zero-order valence-electron chi connectivity index (χ0n) is 23.1. The maximum Gasteiger partial charge on any atom is 0.251 e. The van der Waals surface area contributed by atoms with Crippen molar-refractivity contribution in [2.24, 2.45) is 0 Å². The van der Waals surface area contributed by atoms with Gasteiger partial charge in [0.05, 0.1) is 17.7 Å². The van der Waals surface area contributed by atoms with Gasteiger partial charge in [-0.15, -0.1) is 0 Å². The van der Waals surface area contributed by atoms with Gasteiger partial charge in [-0.25, -0.2) is 0 Å². The summed E-state index contributed by atoms with van der Waals surface area (Å²) in [5, 5.41) is 4.24. The smallest absolute Gasteiger partial charge is 0.251 e. The molecule has 2 heterocycles. The number of para-hydroxylation sites is 1. The molecule has 7 heteroatoms. The lowest BCUT2D eigenvalue weighted by Crippen LogP contribution is -2.61. The zero-order valence-corrected chi connectivity index (χ0v) is 23.9. The predicted molar refractivity (Wildman–Crippen MR) is 159 cm³/mol. The monoisotopic (exact) mass is 557 g/mol. The molecule has 2 bridgehead atoms. The SMILES string of the molecule is CC(=O)N1C[C@H]2CC(c3ccc(CCOc4ccccc4Cl)cc3)=C(C(=O)N(C)CCc3ccccc3)[C@@H](C1)N2. The van der Waals surface area contributed by atoms with Crippen LogP contribution in [0.15, 0.2) is 84.4 Å². The minimum atomic E-state index is -0.193. The molecule has 2 amide bonds. The van der Waals surface area contributed by atoms with Crippen LogP contribution < -0.4 is 10.1 Å². The van der Waals surface area contributed by atoms with Gasteiger partial charge in [0.2, 0.25) is 5.91 Å². The Hall–Kier alpha value is -3.61. The Kier molecular flexibility index (Phi) is 8.88. The van der Waals surface area contributed by atoms with Gasteiger partial charge in [-0.1, -0.05) is 78.3 Å². The minimum Gasteiger partial charge on any atom is -0.492 e. The molecule has 0 unspecified atom stereocenters. The van der Waals surface area contributed by atoms with Crippen molar-refractivity contribution < 1.29 is 14.3 Å². The number of rotatable bonds is 9. The van der Waals surface area contributed by atoms with E-state index in [2.05, 4.69) is 41.7 Å². The van der Waals surface area contributed by atoms with Crippen LogP contribution in [-0.2, 0) is 22.4 Å². The van der Waals surface area contributed by atoms with Crippen LogP contribution in [0.4, 0.5) is 0 Å². The van der Waals surface area contributed by atoms with E-state index in [1.807, 2.05) is 59.3 Å². The first kappa shape index (κ1) is 27.9. The number of carbonyl (C=O) groups is 2. The standard InChI is InChI=1S/C33H36ClN3O3/c1-23(38)37-21-27-20-28(26-14-12-25(13-15-26)17-19-40-31-11-7-6-10-29(31)34)32(30(22-37)35-27)33(39)36(2)18-16-24-8-4-3-5-9-24/h3-15,27,30,35H,16-22H2,1-2H3/t27-,30-/m1/s1. The largest absolute Gasteiger partial charge is 0.492 e. The molecule has 208 valence electrons. The highest BCUT2D eigenvalue weighted by Gasteiger charge is 2.39. The van der Waals surface area contributed by atoms with Crippen molar-refractivity contribution in [3.8, 4) is 5.75 Å². The van der Waals surface area contributed by atoms with E-state index in [-0.39, 0.29) is 23.9 Å². The molecule has 0 aliphatic carbocycles. The van der Waals surface area contributed by atoms with E-state index in [1.165, 1.54) is 5.56 Å². The van der Waals surface area contributed by atoms with Crippen LogP contribution in [0.1, 0.15) is 30.0 Å². The number of benzene rings is 3. The predicted octanol–water partition coefficient (Wildman–Crippen LogP) is 5.01. The molecule has 40 heavy (non-hydrogen) atoms. The Balaban J connectivity index is 1.35. The van der Waals surface area contributed by atoms with Crippen molar-refractivity contribution in [2.75, 3.05) is 33.3 Å². The van der Waals surface area contributed by atoms with Crippen LogP contribution in [0, 0.1) is 0 Å². The van der Waals surface area contributed by atoms with Crippen molar-refractivity contribution in [2.45, 2.75) is 38.3 Å². The highest BCUT2D eigenvalue weighted by atomic mass is 35.5. The van der Waals surface area contributed by atoms with Crippen molar-refractivity contribution in [1.29, 1.82) is 0 Å². The molecule has 3 aromatic rings. The molecule has 1 saturated heterocycles. The van der Waals surface area contributed by atoms with E-state index in [0.29, 0.717) is 43.4 Å². The van der Waals surface area contributed by atoms with Crippen molar-refractivity contribution in [1.82, 2.24) is 15.1 Å². The quantitative estimate of drug-likeness (QED) is 0.402. The molecule has 2 atom stereocenters. The van der Waals surface area contributed by atoms with Crippen LogP contribution in [0.25, 0.3) is 5.57 Å². The topological polar surface area (TPSA) is 61.9 Å². The summed E-state index contributed by atoms with van der Waals surface area (Å²) in [6.45, 7) is 3.90. The second-order valence-electron chi connectivity index (χ2n) is 10.6. The summed E-state index contributed by atoms with van der Waals surface area (Å²) in [7, 11) is 1.87. The minimum absolute atomic E-state index is 0.0181. The van der Waals surface area contributed by atoms with E-state index in [4.69, 9.17) is 16.3 Å². The number of hydrogen-bond acceptors (Lipinski definition) is 4. The zero-order chi connectivity index (χ0) is 28.1. The number of hydrogen-bond donors (Lipinski definition) is 1. The fourth-order valence-corrected chi connectivity index (χ4v) is 5.78. The molecule has 2 aliphatic rings. The first-order valence-corrected chi connectivity index (χ1v) is 14.3. The third-order valence-electron chi connectivity index (χ3n) is 7.79. The first-order valence-electron chi connectivity index (χ1n) is 13.9. The van der Waals surface area contributed by atoms with Crippen LogP contribution >= 0.6 is 11.6 Å². The van der Waals surface area contributed by atoms with Gasteiger partial charge in [0.25, 0.3) is 5.91 Å². The number of fused-ring (bicyclic) bond motifs is 2. The molecule has 1 fully saturated rings. The molecule has 6 nitrogen and oxygen atoms in total. The second-order valence-corrected chi connectivity index (χ2v) is 11.0. The van der Waals surface area contributed by atoms with Crippen LogP contribution in [-0.4, -0.2) is 67.0 Å². The lowest BCUT2D eigenvalue weighted by Gasteiger charge is -2.44. The first-order chi connectivity index (χ1) is 19.4. The van der Waals surface area contributed by atoms with Gasteiger partial charge in [0.15, 0.2) is 0 Å². The van der Waals surface area contributed by atoms with Crippen molar-refractivity contribution in [3.05, 3.63) is 106 Å². The Bertz CT molecular complexity index is 1370. The number of likely N-dealkylation sites (N-methyl/N-ethyl adjacent to an activating group) is 1. The molecule has 0 spiro atoms. The molecule has 0 saturated carbocycles. The molecule has 5 rings (SSSR count). The summed E-state index contributed by atoms with van der Waals surface area (Å²) < 4.78 is 5.86. The van der Waals surface area contributed by atoms with Gasteiger partial charge in [-0.3, -0.25) is 9.59 Å². The fourth-order valence-electron chi connectivity index (χ4n) is 5.59. The number of nitrogens with zero attached hydrogens (tertiary/aromatic N) is 2. The Morgan fingerprint density at radius 2 is 1.65 bits per heavy atom. The van der Waals surface area contributed by atoms with E-state index in [9.17, 15) is 9.59 Å². The van der Waals surface area contributed by atoms with Gasteiger partial charge >= 0.3 is 0 Å². The number of halogens is 1. The highest BCUT2D eigenvalue weighted by Crippen LogP contribution is 2.34. The molecule has 3 aromatic carbocycles. The maximum absolute atomic E-state index is 13.9. The van der Waals surface area contributed by atoms with Gasteiger partial charge in [-0.05, 0) is 47.2 Å². The number of ether oxygens (including phenoxy) is 1. The van der Waals surface area contributed by atoms with E-state index < -0.39 is 0 Å². The summed E-state index contributed by atoms with van der Waals surface area (Å²) >= 11 is 6.20. The lowest BCUT2D eigenvalue weighted by atomic mass is 9.82. The summed E-state index contributed by atoms with van der Waals surface area (Å²) in [6, 6.07) is 26.1. The molecule has 0 aromatic heterocycles. The van der Waals surface area contributed by atoms with Gasteiger partial charge in [0, 0.05) is 51.6 Å². The average molecular weight is 558 g/mol. The number of amides is 2. The maximum atomic E-state index is 13.9. The van der Waals surface area contributed by atoms with E-state index in [0.717, 1.165) is 35.1 Å². The summed E-state index contributed by atoms with van der Waals surface area (Å²) in [5.41, 5.74) is 5.26. The van der Waals surface area contributed by atoms with Crippen LogP contribution in [0.2, 0.25) is 5.02 Å². The Morgan fingerprint density at radius 1 is 0.950 bits per heavy atom. The molecule has 1 N–H and O–H groups in total. The average Bonchev–Trinajstić information content (AvgIpc) is 2.97. The lowest BCUT2D eigenvalue weighted by molar-refractivity contribution is -0.132. The number of piperazine rings is 1. The van der Waals surface area contributed by atoms with Gasteiger partial charge < -0.3 is 19.9 Å². The van der Waals surface area contributed by atoms with Crippen molar-refractivity contribution >= 4 is 29.0 Å². The van der Waals surface area contributed by atoms with E-state index >= 15 is 0 Å². The third kappa shape index (κ3) is 6.57. The Labute approximate surface area is 241 Å². The third-order valence-corrected chi connectivity index (χ3v) is 8.11. The van der Waals surface area contributed by atoms with Crippen LogP contribution in [0.3, 0.4) is 0 Å². The number of nitrogens with one attached hydrogen (secondary N) is 1. The second kappa shape index (κ2) is 12.7. The Morgan fingerprint density at radius 3 is 2.38 bits per heavy atom. The summed E-state index contributed by atoms with van der Waals surface area (Å²) in [4.78, 5) is 29.9. The van der Waals surface area contributed by atoms with Crippen LogP contribution in [0.5, 0.6) is 5.75 Å². The van der Waals surface area contributed by atoms with Crippen molar-refractivity contribution in [3.63, 3.8) is 0 Å². The van der Waals surface area contributed by atoms with E-state index in [1.54, 1.807) is 6.92 Å². The normalized spacial score (nSPS) is 18.4. The summed E-state index contributed by atoms with van der Waals surface area (Å²) in [5.74, 6) is 0.753. The molecule has 2 aliphatic heterocycles. The fraction of sp³-hybridized carbons (Fsp3) is 0.333. The van der Waals surface area contributed by atoms with Gasteiger partial charge in [-0.2, -0.15) is 0 Å². The summed E-state index contributed by atoms with van der Waals surface area (Å²) in [6.07, 6.45) is 2.23. The molecule has 0 radical (unpaired) electrons. The molecular weight excluding hydrogens is 522 g/mol. The molecular formula is C33H36ClN3O3.